The van der Waals surface area contributed by atoms with Gasteiger partial charge in [0.1, 0.15) is 11.2 Å². The number of para-hydroxylation sites is 1. The van der Waals surface area contributed by atoms with Crippen LogP contribution >= 0.6 is 0 Å². The van der Waals surface area contributed by atoms with Gasteiger partial charge in [-0.2, -0.15) is 0 Å². The molecule has 1 heterocycles. The van der Waals surface area contributed by atoms with E-state index in [4.69, 9.17) is 9.90 Å². The maximum absolute atomic E-state index is 9.45. The lowest BCUT2D eigenvalue weighted by Gasteiger charge is -2.19. The summed E-state index contributed by atoms with van der Waals surface area (Å²) in [5.41, 5.74) is 4.52. The second-order valence-electron chi connectivity index (χ2n) is 10.7. The first-order chi connectivity index (χ1) is 24.7. The fraction of sp³-hybridized carbons (Fsp3) is 0. The molecule has 43 heavy (non-hydrogen) atoms. The molecule has 0 aliphatic rings. The minimum Gasteiger partial charge on any atom is -0.456 e. The van der Waals surface area contributed by atoms with E-state index in [0.29, 0.717) is 33.2 Å². The van der Waals surface area contributed by atoms with Crippen LogP contribution in [0.25, 0.3) is 87.6 Å². The molecule has 0 aliphatic heterocycles. The van der Waals surface area contributed by atoms with E-state index in [1.807, 2.05) is 109 Å². The topological polar surface area (TPSA) is 13.1 Å². The molecule has 0 bridgehead atoms. The molecule has 0 fully saturated rings. The van der Waals surface area contributed by atoms with Gasteiger partial charge in [0, 0.05) is 10.8 Å². The molecule has 0 amide bonds. The number of benzene rings is 8. The Hall–Kier alpha value is -5.66. The van der Waals surface area contributed by atoms with Crippen LogP contribution in [-0.2, 0) is 0 Å². The summed E-state index contributed by atoms with van der Waals surface area (Å²) >= 11 is 0. The van der Waals surface area contributed by atoms with E-state index in [9.17, 15) is 5.48 Å². The van der Waals surface area contributed by atoms with Crippen LogP contribution in [0.3, 0.4) is 0 Å². The van der Waals surface area contributed by atoms with E-state index in [1.165, 1.54) is 0 Å². The van der Waals surface area contributed by atoms with Crippen LogP contribution in [0.5, 0.6) is 0 Å². The normalized spacial score (nSPS) is 14.3. The second-order valence-corrected chi connectivity index (χ2v) is 10.7. The Bertz CT molecular complexity index is 2870. The fourth-order valence-electron chi connectivity index (χ4n) is 6.38. The maximum Gasteiger partial charge on any atom is 0.136 e. The summed E-state index contributed by atoms with van der Waals surface area (Å²) in [4.78, 5) is 0. The van der Waals surface area contributed by atoms with Gasteiger partial charge in [-0.1, -0.05) is 133 Å². The average Bonchev–Trinajstić information content (AvgIpc) is 3.55. The Labute approximate surface area is 260 Å². The Morgan fingerprint density at radius 2 is 1.05 bits per heavy atom. The number of fused-ring (bicyclic) bond motifs is 6. The maximum atomic E-state index is 9.45. The van der Waals surface area contributed by atoms with Gasteiger partial charge in [0.15, 0.2) is 0 Å². The van der Waals surface area contributed by atoms with Crippen molar-refractivity contribution in [3.05, 3.63) is 158 Å². The summed E-state index contributed by atoms with van der Waals surface area (Å²) in [6, 6.07) is 31.6. The third kappa shape index (κ3) is 3.72. The number of hydrogen-bond donors (Lipinski definition) is 0. The molecule has 0 N–H and O–H groups in total. The Kier molecular flexibility index (Phi) is 3.80. The molecule has 0 unspecified atom stereocenters. The molecule has 1 heteroatoms. The van der Waals surface area contributed by atoms with Crippen molar-refractivity contribution in [3.8, 4) is 33.4 Å². The lowest BCUT2D eigenvalue weighted by atomic mass is 9.84. The highest BCUT2D eigenvalue weighted by atomic mass is 16.3. The quantitative estimate of drug-likeness (QED) is 0.198. The van der Waals surface area contributed by atoms with Gasteiger partial charge < -0.3 is 4.42 Å². The van der Waals surface area contributed by atoms with E-state index in [0.717, 1.165) is 27.3 Å². The average molecular weight is 555 g/mol. The van der Waals surface area contributed by atoms with Crippen molar-refractivity contribution >= 4 is 54.3 Å². The van der Waals surface area contributed by atoms with Crippen LogP contribution in [0.2, 0.25) is 0 Å². The zero-order chi connectivity index (χ0) is 35.3. The van der Waals surface area contributed by atoms with Crippen molar-refractivity contribution in [1.29, 1.82) is 0 Å². The highest BCUT2D eigenvalue weighted by molar-refractivity contribution is 6.26. The predicted octanol–water partition coefficient (Wildman–Crippen LogP) is 12.0. The molecule has 1 nitrogen and oxygen atoms in total. The minimum atomic E-state index is -0.439. The summed E-state index contributed by atoms with van der Waals surface area (Å²) in [6.07, 6.45) is 0. The minimum absolute atomic E-state index is 0.165. The largest absolute Gasteiger partial charge is 0.456 e. The summed E-state index contributed by atoms with van der Waals surface area (Å²) in [7, 11) is 0. The molecule has 1 aromatic heterocycles. The standard InChI is InChI=1S/C42H26O/c1-2-12-27(13-3-1)31-25-37(42-36-20-10-11-21-38(36)43-39(42)26-31)41-34-18-8-6-16-32(34)40(33-17-7-9-19-35(33)41)30-23-22-28-14-4-5-15-29(28)24-30/h1-26H/i6D,7D,8D,9D,16D,17D,18D,19D. The van der Waals surface area contributed by atoms with Crippen molar-refractivity contribution in [2.75, 3.05) is 0 Å². The molecule has 200 valence electrons. The number of furan rings is 1. The van der Waals surface area contributed by atoms with Crippen LogP contribution in [0.1, 0.15) is 11.0 Å². The smallest absolute Gasteiger partial charge is 0.136 e. The molecule has 0 atom stereocenters. The van der Waals surface area contributed by atoms with E-state index >= 15 is 0 Å². The molecule has 9 rings (SSSR count). The van der Waals surface area contributed by atoms with Crippen molar-refractivity contribution in [3.63, 3.8) is 0 Å². The molecule has 8 aromatic carbocycles. The Morgan fingerprint density at radius 1 is 0.419 bits per heavy atom. The summed E-state index contributed by atoms with van der Waals surface area (Å²) in [5, 5.41) is 3.96. The van der Waals surface area contributed by atoms with Crippen molar-refractivity contribution in [2.45, 2.75) is 0 Å². The van der Waals surface area contributed by atoms with Gasteiger partial charge in [-0.25, -0.2) is 0 Å². The zero-order valence-electron chi connectivity index (χ0n) is 30.8. The van der Waals surface area contributed by atoms with Crippen molar-refractivity contribution < 1.29 is 15.4 Å². The van der Waals surface area contributed by atoms with Crippen LogP contribution in [0, 0.1) is 0 Å². The molecule has 0 aliphatic carbocycles. The third-order valence-electron chi connectivity index (χ3n) is 8.27. The number of hydrogen-bond acceptors (Lipinski definition) is 1. The molecule has 9 aromatic rings. The molecule has 0 radical (unpaired) electrons. The molecule has 0 saturated heterocycles. The summed E-state index contributed by atoms with van der Waals surface area (Å²) in [6.45, 7) is 0. The van der Waals surface area contributed by atoms with E-state index in [-0.39, 0.29) is 51.3 Å². The summed E-state index contributed by atoms with van der Waals surface area (Å²) < 4.78 is 79.4. The Morgan fingerprint density at radius 3 is 1.79 bits per heavy atom. The highest BCUT2D eigenvalue weighted by Gasteiger charge is 2.21. The lowest BCUT2D eigenvalue weighted by molar-refractivity contribution is 0.669. The first-order valence-electron chi connectivity index (χ1n) is 18.1. The first-order valence-corrected chi connectivity index (χ1v) is 14.1. The highest BCUT2D eigenvalue weighted by Crippen LogP contribution is 2.48. The monoisotopic (exact) mass is 554 g/mol. The Balaban J connectivity index is 1.60. The lowest BCUT2D eigenvalue weighted by Crippen LogP contribution is -1.92. The van der Waals surface area contributed by atoms with Gasteiger partial charge >= 0.3 is 0 Å². The van der Waals surface area contributed by atoms with E-state index in [1.54, 1.807) is 0 Å². The third-order valence-corrected chi connectivity index (χ3v) is 8.27. The van der Waals surface area contributed by atoms with Gasteiger partial charge in [0.2, 0.25) is 0 Å². The number of rotatable bonds is 3. The first kappa shape index (κ1) is 17.3. The van der Waals surface area contributed by atoms with E-state index < -0.39 is 24.2 Å². The van der Waals surface area contributed by atoms with Gasteiger partial charge in [0.25, 0.3) is 0 Å². The predicted molar refractivity (Wildman–Crippen MR) is 183 cm³/mol. The fourth-order valence-corrected chi connectivity index (χ4v) is 6.38. The van der Waals surface area contributed by atoms with Crippen LogP contribution in [-0.4, -0.2) is 0 Å². The second kappa shape index (κ2) is 9.44. The molecular weight excluding hydrogens is 520 g/mol. The van der Waals surface area contributed by atoms with Crippen molar-refractivity contribution in [1.82, 2.24) is 0 Å². The summed E-state index contributed by atoms with van der Waals surface area (Å²) in [5.74, 6) is 0. The zero-order valence-corrected chi connectivity index (χ0v) is 22.8. The van der Waals surface area contributed by atoms with E-state index in [2.05, 4.69) is 0 Å². The van der Waals surface area contributed by atoms with Crippen LogP contribution in [0.4, 0.5) is 0 Å². The SMILES string of the molecule is [2H]c1c([2H])c([2H])c2c(-c3cc(-c4ccccc4)cc4oc5ccccc5c34)c3c([2H])c([2H])c([2H])c([2H])c3c(-c3ccc4ccccc4c3)c2c1[2H]. The molecule has 0 saturated carbocycles. The van der Waals surface area contributed by atoms with Gasteiger partial charge in [-0.3, -0.25) is 0 Å². The van der Waals surface area contributed by atoms with Crippen molar-refractivity contribution in [2.24, 2.45) is 0 Å². The van der Waals surface area contributed by atoms with Crippen LogP contribution in [0.15, 0.2) is 162 Å². The molecular formula is C42H26O. The van der Waals surface area contributed by atoms with Gasteiger partial charge in [-0.05, 0) is 90.0 Å². The van der Waals surface area contributed by atoms with Crippen LogP contribution < -0.4 is 0 Å². The van der Waals surface area contributed by atoms with Gasteiger partial charge in [0.05, 0.1) is 11.0 Å². The van der Waals surface area contributed by atoms with Gasteiger partial charge in [-0.15, -0.1) is 0 Å². The molecule has 0 spiro atoms.